The zero-order chi connectivity index (χ0) is 16.0. The number of aliphatic carboxylic acids is 1. The lowest BCUT2D eigenvalue weighted by Crippen LogP contribution is -2.50. The van der Waals surface area contributed by atoms with E-state index in [2.05, 4.69) is 10.6 Å². The average molecular weight is 299 g/mol. The largest absolute Gasteiger partial charge is 0.481 e. The monoisotopic (exact) mass is 299 g/mol. The Bertz CT molecular complexity index is 390. The minimum Gasteiger partial charge on any atom is -0.481 e. The Balaban J connectivity index is 2.49. The predicted octanol–water partition coefficient (Wildman–Crippen LogP) is 0.653. The molecule has 1 rings (SSSR count). The van der Waals surface area contributed by atoms with Gasteiger partial charge in [0, 0.05) is 32.1 Å². The number of carboxylic acid groups (broad SMARTS) is 1. The minimum absolute atomic E-state index is 0.0148. The van der Waals surface area contributed by atoms with Gasteiger partial charge in [-0.2, -0.15) is 0 Å². The number of rotatable bonds is 5. The highest BCUT2D eigenvalue weighted by Crippen LogP contribution is 2.17. The second-order valence-electron chi connectivity index (χ2n) is 5.77. The Kier molecular flexibility index (Phi) is 6.45. The number of carboxylic acids is 1. The molecule has 120 valence electrons. The molecule has 0 aliphatic carbocycles. The zero-order valence-corrected chi connectivity index (χ0v) is 12.9. The molecule has 1 heterocycles. The number of carbonyl (C=O) groups is 3. The van der Waals surface area contributed by atoms with Gasteiger partial charge in [-0.05, 0) is 18.8 Å². The molecule has 1 unspecified atom stereocenters. The van der Waals surface area contributed by atoms with E-state index >= 15 is 0 Å². The van der Waals surface area contributed by atoms with Crippen molar-refractivity contribution in [2.24, 2.45) is 11.8 Å². The Labute approximate surface area is 125 Å². The van der Waals surface area contributed by atoms with Crippen LogP contribution in [0.2, 0.25) is 0 Å². The lowest BCUT2D eigenvalue weighted by molar-refractivity contribution is -0.137. The van der Waals surface area contributed by atoms with E-state index in [1.165, 1.54) is 0 Å². The van der Waals surface area contributed by atoms with Gasteiger partial charge in [-0.1, -0.05) is 13.8 Å². The molecule has 0 bridgehead atoms. The number of piperidine rings is 1. The van der Waals surface area contributed by atoms with Crippen molar-refractivity contribution in [2.75, 3.05) is 20.1 Å². The highest BCUT2D eigenvalue weighted by molar-refractivity contribution is 5.79. The number of likely N-dealkylation sites (tertiary alicyclic amines) is 1. The first-order valence-corrected chi connectivity index (χ1v) is 7.34. The number of nitrogens with zero attached hydrogens (tertiary/aromatic N) is 1. The molecule has 1 atom stereocenters. The van der Waals surface area contributed by atoms with E-state index in [0.29, 0.717) is 25.9 Å². The van der Waals surface area contributed by atoms with Crippen LogP contribution in [0.5, 0.6) is 0 Å². The lowest BCUT2D eigenvalue weighted by atomic mass is 9.96. The van der Waals surface area contributed by atoms with E-state index in [9.17, 15) is 14.4 Å². The molecule has 1 fully saturated rings. The summed E-state index contributed by atoms with van der Waals surface area (Å²) in [5, 5.41) is 14.3. The van der Waals surface area contributed by atoms with Crippen molar-refractivity contribution in [1.82, 2.24) is 15.5 Å². The van der Waals surface area contributed by atoms with Crippen molar-refractivity contribution < 1.29 is 19.5 Å². The second-order valence-corrected chi connectivity index (χ2v) is 5.77. The number of carbonyl (C=O) groups excluding carboxylic acids is 2. The normalized spacial score (nSPS) is 17.4. The third kappa shape index (κ3) is 5.24. The van der Waals surface area contributed by atoms with Crippen LogP contribution in [0.4, 0.5) is 4.79 Å². The maximum absolute atomic E-state index is 12.2. The SMILES string of the molecule is CNC(=O)C1CCN(C(=O)NC(CC(=O)O)C(C)C)CC1. The highest BCUT2D eigenvalue weighted by atomic mass is 16.4. The zero-order valence-electron chi connectivity index (χ0n) is 12.9. The Morgan fingerprint density at radius 2 is 1.81 bits per heavy atom. The van der Waals surface area contributed by atoms with Crippen LogP contribution < -0.4 is 10.6 Å². The molecule has 21 heavy (non-hydrogen) atoms. The summed E-state index contributed by atoms with van der Waals surface area (Å²) >= 11 is 0. The third-order valence-electron chi connectivity index (χ3n) is 3.91. The summed E-state index contributed by atoms with van der Waals surface area (Å²) in [6.45, 7) is 4.79. The van der Waals surface area contributed by atoms with Crippen molar-refractivity contribution >= 4 is 17.9 Å². The molecule has 3 N–H and O–H groups in total. The Hall–Kier alpha value is -1.79. The van der Waals surface area contributed by atoms with E-state index in [0.717, 1.165) is 0 Å². The lowest BCUT2D eigenvalue weighted by Gasteiger charge is -2.33. The summed E-state index contributed by atoms with van der Waals surface area (Å²) in [4.78, 5) is 36.2. The maximum atomic E-state index is 12.2. The molecule has 0 aromatic carbocycles. The third-order valence-corrected chi connectivity index (χ3v) is 3.91. The predicted molar refractivity (Wildman–Crippen MR) is 77.8 cm³/mol. The molecule has 7 nitrogen and oxygen atoms in total. The number of amides is 3. The molecule has 0 spiro atoms. The van der Waals surface area contributed by atoms with Gasteiger partial charge in [0.1, 0.15) is 0 Å². The molecule has 1 aliphatic rings. The van der Waals surface area contributed by atoms with Crippen LogP contribution in [0, 0.1) is 11.8 Å². The summed E-state index contributed by atoms with van der Waals surface area (Å²) < 4.78 is 0. The minimum atomic E-state index is -0.924. The smallest absolute Gasteiger partial charge is 0.317 e. The van der Waals surface area contributed by atoms with E-state index in [1.807, 2.05) is 13.8 Å². The summed E-state index contributed by atoms with van der Waals surface area (Å²) in [6.07, 6.45) is 1.19. The van der Waals surface area contributed by atoms with Crippen molar-refractivity contribution in [1.29, 1.82) is 0 Å². The average Bonchev–Trinajstić information content (AvgIpc) is 2.45. The molecule has 0 aromatic rings. The molecule has 3 amide bonds. The molecule has 0 saturated carbocycles. The van der Waals surface area contributed by atoms with Crippen LogP contribution in [0.25, 0.3) is 0 Å². The van der Waals surface area contributed by atoms with Crippen LogP contribution in [0.3, 0.4) is 0 Å². The molecule has 7 heteroatoms. The fourth-order valence-electron chi connectivity index (χ4n) is 2.44. The molecule has 0 radical (unpaired) electrons. The first-order valence-electron chi connectivity index (χ1n) is 7.34. The summed E-state index contributed by atoms with van der Waals surface area (Å²) in [6, 6.07) is -0.628. The summed E-state index contributed by atoms with van der Waals surface area (Å²) in [5.74, 6) is -0.902. The van der Waals surface area contributed by atoms with Gasteiger partial charge >= 0.3 is 12.0 Å². The van der Waals surface area contributed by atoms with Crippen LogP contribution in [0.15, 0.2) is 0 Å². The standard InChI is InChI=1S/C14H25N3O4/c1-9(2)11(8-12(18)19)16-14(21)17-6-4-10(5-7-17)13(20)15-3/h9-11H,4-8H2,1-3H3,(H,15,20)(H,16,21)(H,18,19). The number of nitrogens with one attached hydrogen (secondary N) is 2. The van der Waals surface area contributed by atoms with Gasteiger partial charge in [-0.15, -0.1) is 0 Å². The topological polar surface area (TPSA) is 98.7 Å². The van der Waals surface area contributed by atoms with E-state index in [4.69, 9.17) is 5.11 Å². The van der Waals surface area contributed by atoms with Gasteiger partial charge in [0.15, 0.2) is 0 Å². The van der Waals surface area contributed by atoms with Crippen molar-refractivity contribution in [2.45, 2.75) is 39.2 Å². The van der Waals surface area contributed by atoms with E-state index < -0.39 is 5.97 Å². The van der Waals surface area contributed by atoms with Gasteiger partial charge in [-0.3, -0.25) is 9.59 Å². The molecule has 0 aromatic heterocycles. The Morgan fingerprint density at radius 1 is 1.24 bits per heavy atom. The molecule has 1 saturated heterocycles. The number of hydrogen-bond acceptors (Lipinski definition) is 3. The van der Waals surface area contributed by atoms with Gasteiger partial charge in [-0.25, -0.2) is 4.79 Å². The number of urea groups is 1. The maximum Gasteiger partial charge on any atom is 0.317 e. The van der Waals surface area contributed by atoms with Crippen LogP contribution in [-0.4, -0.2) is 54.1 Å². The second kappa shape index (κ2) is 7.85. The van der Waals surface area contributed by atoms with Gasteiger partial charge < -0.3 is 20.6 Å². The van der Waals surface area contributed by atoms with Crippen molar-refractivity contribution in [3.05, 3.63) is 0 Å². The number of hydrogen-bond donors (Lipinski definition) is 3. The van der Waals surface area contributed by atoms with Crippen molar-refractivity contribution in [3.63, 3.8) is 0 Å². The fraction of sp³-hybridized carbons (Fsp3) is 0.786. The van der Waals surface area contributed by atoms with Crippen LogP contribution in [-0.2, 0) is 9.59 Å². The molecular weight excluding hydrogens is 274 g/mol. The Morgan fingerprint density at radius 3 is 2.24 bits per heavy atom. The van der Waals surface area contributed by atoms with E-state index in [-0.39, 0.29) is 36.2 Å². The van der Waals surface area contributed by atoms with Crippen LogP contribution >= 0.6 is 0 Å². The molecule has 1 aliphatic heterocycles. The quantitative estimate of drug-likeness (QED) is 0.694. The van der Waals surface area contributed by atoms with Gasteiger partial charge in [0.2, 0.25) is 5.91 Å². The van der Waals surface area contributed by atoms with Crippen molar-refractivity contribution in [3.8, 4) is 0 Å². The summed E-state index contributed by atoms with van der Waals surface area (Å²) in [7, 11) is 1.61. The summed E-state index contributed by atoms with van der Waals surface area (Å²) in [5.41, 5.74) is 0. The first-order chi connectivity index (χ1) is 9.85. The first kappa shape index (κ1) is 17.3. The molecular formula is C14H25N3O4. The van der Waals surface area contributed by atoms with Gasteiger partial charge in [0.25, 0.3) is 0 Å². The van der Waals surface area contributed by atoms with E-state index in [1.54, 1.807) is 11.9 Å². The van der Waals surface area contributed by atoms with Crippen LogP contribution in [0.1, 0.15) is 33.1 Å². The highest BCUT2D eigenvalue weighted by Gasteiger charge is 2.28. The van der Waals surface area contributed by atoms with Gasteiger partial charge in [0.05, 0.1) is 6.42 Å². The fourth-order valence-corrected chi connectivity index (χ4v) is 2.44.